The molecule has 0 aliphatic heterocycles. The van der Waals surface area contributed by atoms with E-state index in [1.54, 1.807) is 7.11 Å². The lowest BCUT2D eigenvalue weighted by molar-refractivity contribution is 0.00690. The van der Waals surface area contributed by atoms with Crippen LogP contribution in [-0.2, 0) is 12.1 Å². The van der Waals surface area contributed by atoms with Crippen molar-refractivity contribution in [2.75, 3.05) is 27.7 Å². The predicted molar refractivity (Wildman–Crippen MR) is 166 cm³/mol. The molecule has 6 heteroatoms. The number of fused-ring (bicyclic) bond motifs is 2. The first kappa shape index (κ1) is 28.4. The summed E-state index contributed by atoms with van der Waals surface area (Å²) in [6.07, 6.45) is 2.35. The van der Waals surface area contributed by atoms with Gasteiger partial charge < -0.3 is 14.7 Å². The minimum atomic E-state index is -1.26. The predicted octanol–water partition coefficient (Wildman–Crippen LogP) is 7.41. The number of methoxy groups -OCH3 is 1. The van der Waals surface area contributed by atoms with Crippen LogP contribution in [0.4, 0.5) is 0 Å². The SMILES string of the molecule is COc1nc2ccc(CN=O)cc2cc1C(c1ccccc1)C(O)(CCCCN(C)C)c1ccc2ccccc2c1. The topological polar surface area (TPSA) is 75.0 Å². The van der Waals surface area contributed by atoms with Crippen LogP contribution in [-0.4, -0.2) is 42.7 Å². The van der Waals surface area contributed by atoms with Gasteiger partial charge in [0, 0.05) is 16.9 Å². The van der Waals surface area contributed by atoms with Crippen molar-refractivity contribution < 1.29 is 9.84 Å². The lowest BCUT2D eigenvalue weighted by Gasteiger charge is -2.38. The molecule has 0 saturated heterocycles. The molecule has 210 valence electrons. The van der Waals surface area contributed by atoms with E-state index in [2.05, 4.69) is 72.7 Å². The molecule has 5 aromatic rings. The van der Waals surface area contributed by atoms with Crippen molar-refractivity contribution in [3.8, 4) is 5.88 Å². The third kappa shape index (κ3) is 6.14. The molecule has 0 bridgehead atoms. The van der Waals surface area contributed by atoms with Gasteiger partial charge in [-0.25, -0.2) is 4.98 Å². The van der Waals surface area contributed by atoms with E-state index < -0.39 is 11.5 Å². The molecule has 4 aromatic carbocycles. The zero-order valence-corrected chi connectivity index (χ0v) is 24.0. The maximum Gasteiger partial charge on any atom is 0.217 e. The third-order valence-electron chi connectivity index (χ3n) is 7.90. The van der Waals surface area contributed by atoms with Crippen molar-refractivity contribution in [3.05, 3.63) is 124 Å². The molecule has 6 nitrogen and oxygen atoms in total. The number of rotatable bonds is 12. The van der Waals surface area contributed by atoms with Gasteiger partial charge >= 0.3 is 0 Å². The molecular formula is C35H37N3O3. The van der Waals surface area contributed by atoms with E-state index in [-0.39, 0.29) is 6.54 Å². The number of aromatic nitrogens is 1. The number of pyridine rings is 1. The summed E-state index contributed by atoms with van der Waals surface area (Å²) in [5.41, 5.74) is 2.94. The van der Waals surface area contributed by atoms with Crippen LogP contribution >= 0.6 is 0 Å². The first-order valence-corrected chi connectivity index (χ1v) is 14.1. The molecular weight excluding hydrogens is 510 g/mol. The maximum atomic E-state index is 13.1. The fourth-order valence-corrected chi connectivity index (χ4v) is 5.86. The van der Waals surface area contributed by atoms with Crippen molar-refractivity contribution in [1.29, 1.82) is 0 Å². The van der Waals surface area contributed by atoms with Gasteiger partial charge in [-0.3, -0.25) is 0 Å². The summed E-state index contributed by atoms with van der Waals surface area (Å²) in [5.74, 6) is 0.00374. The number of benzene rings is 4. The second-order valence-corrected chi connectivity index (χ2v) is 11.0. The number of unbranched alkanes of at least 4 members (excludes halogenated alkanes) is 1. The summed E-state index contributed by atoms with van der Waals surface area (Å²) in [6, 6.07) is 32.4. The largest absolute Gasteiger partial charge is 0.481 e. The van der Waals surface area contributed by atoms with Gasteiger partial charge in [0.15, 0.2) is 0 Å². The Balaban J connectivity index is 1.74. The number of ether oxygens (including phenoxy) is 1. The number of hydrogen-bond acceptors (Lipinski definition) is 6. The molecule has 5 rings (SSSR count). The molecule has 0 aliphatic rings. The Morgan fingerprint density at radius 2 is 1.63 bits per heavy atom. The molecule has 0 amide bonds. The molecule has 0 aliphatic carbocycles. The standard InChI is InChI=1S/C35H37N3O3/c1-38(2)20-10-9-19-35(39,30-17-16-26-11-7-8-14-28(26)22-30)33(27-12-5-4-6-13-27)31-23-29-21-25(24-36-40)15-18-32(29)37-34(31)41-3/h4-8,11-18,21-23,33,39H,9-10,19-20,24H2,1-3H3. The van der Waals surface area contributed by atoms with Gasteiger partial charge in [0.1, 0.15) is 12.1 Å². The van der Waals surface area contributed by atoms with Gasteiger partial charge in [0.2, 0.25) is 5.88 Å². The van der Waals surface area contributed by atoms with E-state index >= 15 is 0 Å². The lowest BCUT2D eigenvalue weighted by atomic mass is 9.71. The highest BCUT2D eigenvalue weighted by Gasteiger charge is 2.42. The Morgan fingerprint density at radius 3 is 2.37 bits per heavy atom. The molecule has 0 spiro atoms. The molecule has 2 unspecified atom stereocenters. The third-order valence-corrected chi connectivity index (χ3v) is 7.90. The van der Waals surface area contributed by atoms with E-state index in [0.29, 0.717) is 12.3 Å². The summed E-state index contributed by atoms with van der Waals surface area (Å²) in [5, 5.41) is 19.2. The fraction of sp³-hybridized carbons (Fsp3) is 0.286. The average Bonchev–Trinajstić information content (AvgIpc) is 2.99. The minimum absolute atomic E-state index is 0.0896. The monoisotopic (exact) mass is 547 g/mol. The lowest BCUT2D eigenvalue weighted by Crippen LogP contribution is -2.35. The van der Waals surface area contributed by atoms with E-state index in [1.807, 2.05) is 48.5 Å². The summed E-state index contributed by atoms with van der Waals surface area (Å²) >= 11 is 0. The first-order chi connectivity index (χ1) is 19.9. The van der Waals surface area contributed by atoms with Gasteiger partial charge in [-0.05, 0) is 91.6 Å². The van der Waals surface area contributed by atoms with Gasteiger partial charge in [-0.2, -0.15) is 4.91 Å². The second-order valence-electron chi connectivity index (χ2n) is 11.0. The van der Waals surface area contributed by atoms with Crippen molar-refractivity contribution in [1.82, 2.24) is 9.88 Å². The second kappa shape index (κ2) is 12.6. The van der Waals surface area contributed by atoms with E-state index in [0.717, 1.165) is 63.3 Å². The van der Waals surface area contributed by atoms with Crippen molar-refractivity contribution in [2.45, 2.75) is 37.3 Å². The van der Waals surface area contributed by atoms with Crippen molar-refractivity contribution in [2.24, 2.45) is 5.18 Å². The highest BCUT2D eigenvalue weighted by molar-refractivity contribution is 5.84. The highest BCUT2D eigenvalue weighted by atomic mass is 16.5. The molecule has 1 aromatic heterocycles. The van der Waals surface area contributed by atoms with Crippen LogP contribution in [0.1, 0.15) is 47.4 Å². The van der Waals surface area contributed by atoms with Gasteiger partial charge in [-0.15, -0.1) is 0 Å². The van der Waals surface area contributed by atoms with E-state index in [9.17, 15) is 10.0 Å². The zero-order valence-electron chi connectivity index (χ0n) is 24.0. The van der Waals surface area contributed by atoms with Crippen LogP contribution in [0.3, 0.4) is 0 Å². The molecule has 2 atom stereocenters. The molecule has 0 fully saturated rings. The van der Waals surface area contributed by atoms with E-state index in [1.165, 1.54) is 0 Å². The van der Waals surface area contributed by atoms with Gasteiger partial charge in [0.05, 0.1) is 12.6 Å². The molecule has 1 heterocycles. The molecule has 41 heavy (non-hydrogen) atoms. The number of nitrogens with zero attached hydrogens (tertiary/aromatic N) is 3. The number of nitroso groups, excluding NO2 is 1. The van der Waals surface area contributed by atoms with Gasteiger partial charge in [0.25, 0.3) is 0 Å². The summed E-state index contributed by atoms with van der Waals surface area (Å²) in [4.78, 5) is 18.0. The van der Waals surface area contributed by atoms with Crippen LogP contribution in [0.2, 0.25) is 0 Å². The Hall–Kier alpha value is -4.13. The Morgan fingerprint density at radius 1 is 0.878 bits per heavy atom. The summed E-state index contributed by atoms with van der Waals surface area (Å²) < 4.78 is 5.89. The first-order valence-electron chi connectivity index (χ1n) is 14.1. The highest BCUT2D eigenvalue weighted by Crippen LogP contribution is 2.48. The quantitative estimate of drug-likeness (QED) is 0.130. The van der Waals surface area contributed by atoms with Crippen LogP contribution in [0, 0.1) is 4.91 Å². The summed E-state index contributed by atoms with van der Waals surface area (Å²) in [7, 11) is 5.77. The normalized spacial score (nSPS) is 13.8. The fourth-order valence-electron chi connectivity index (χ4n) is 5.86. The molecule has 1 N–H and O–H groups in total. The van der Waals surface area contributed by atoms with Gasteiger partial charge in [-0.1, -0.05) is 78.0 Å². The van der Waals surface area contributed by atoms with Crippen LogP contribution < -0.4 is 4.74 Å². The number of hydrogen-bond donors (Lipinski definition) is 1. The maximum absolute atomic E-state index is 13.1. The molecule has 0 saturated carbocycles. The van der Waals surface area contributed by atoms with Crippen molar-refractivity contribution in [3.63, 3.8) is 0 Å². The Labute approximate surface area is 241 Å². The van der Waals surface area contributed by atoms with Crippen LogP contribution in [0.25, 0.3) is 21.7 Å². The van der Waals surface area contributed by atoms with Crippen LogP contribution in [0.15, 0.2) is 102 Å². The van der Waals surface area contributed by atoms with Crippen LogP contribution in [0.5, 0.6) is 5.88 Å². The summed E-state index contributed by atoms with van der Waals surface area (Å²) in [6.45, 7) is 1.03. The Kier molecular flexibility index (Phi) is 8.72. The average molecular weight is 548 g/mol. The van der Waals surface area contributed by atoms with Crippen molar-refractivity contribution >= 4 is 21.7 Å². The minimum Gasteiger partial charge on any atom is -0.481 e. The zero-order chi connectivity index (χ0) is 28.8. The van der Waals surface area contributed by atoms with E-state index in [4.69, 9.17) is 9.72 Å². The smallest absolute Gasteiger partial charge is 0.217 e. The number of aliphatic hydroxyl groups is 1. The Bertz CT molecular complexity index is 1640. The molecule has 0 radical (unpaired) electrons.